The van der Waals surface area contributed by atoms with Gasteiger partial charge in [0.25, 0.3) is 0 Å². The molecule has 4 rings (SSSR count). The highest BCUT2D eigenvalue weighted by molar-refractivity contribution is 7.07. The molecule has 0 aliphatic rings. The van der Waals surface area contributed by atoms with E-state index in [4.69, 9.17) is 9.47 Å². The zero-order chi connectivity index (χ0) is 20.2. The van der Waals surface area contributed by atoms with Crippen molar-refractivity contribution in [3.8, 4) is 11.5 Å². The first-order valence-corrected chi connectivity index (χ1v) is 10.2. The van der Waals surface area contributed by atoms with Crippen molar-refractivity contribution in [1.82, 2.24) is 15.0 Å². The fourth-order valence-electron chi connectivity index (χ4n) is 2.97. The van der Waals surface area contributed by atoms with Crippen LogP contribution in [0, 0.1) is 13.8 Å². The van der Waals surface area contributed by atoms with Crippen LogP contribution in [-0.4, -0.2) is 21.1 Å². The molecule has 7 heteroatoms. The number of hydrogen-bond acceptors (Lipinski definition) is 7. The summed E-state index contributed by atoms with van der Waals surface area (Å²) in [5.41, 5.74) is 5.46. The van der Waals surface area contributed by atoms with Crippen molar-refractivity contribution in [2.45, 2.75) is 26.6 Å². The Balaban J connectivity index is 1.59. The standard InChI is InChI=1S/C22H21N4O2S/c1-14(2)28-20-6-4-5-18-21(20)22(24-12-23-18)26-16-7-8-19(15(3)9-16)27-10-17-11-29-13-25-17/h4-9,11-14H,1,10H2,2-3H3,(H,23,24,26)/t14-/m1/s1. The zero-order valence-electron chi connectivity index (χ0n) is 16.3. The molecule has 1 radical (unpaired) electrons. The molecular weight excluding hydrogens is 384 g/mol. The summed E-state index contributed by atoms with van der Waals surface area (Å²) >= 11 is 1.56. The van der Waals surface area contributed by atoms with Crippen LogP contribution in [0.2, 0.25) is 0 Å². The van der Waals surface area contributed by atoms with Crippen LogP contribution in [0.5, 0.6) is 11.5 Å². The van der Waals surface area contributed by atoms with Gasteiger partial charge in [0.2, 0.25) is 0 Å². The summed E-state index contributed by atoms with van der Waals surface area (Å²) in [6.07, 6.45) is 1.35. The molecule has 2 heterocycles. The molecule has 2 aromatic carbocycles. The molecule has 0 amide bonds. The molecule has 6 nitrogen and oxygen atoms in total. The molecule has 0 spiro atoms. The lowest BCUT2D eigenvalue weighted by Gasteiger charge is -2.15. The summed E-state index contributed by atoms with van der Waals surface area (Å²) in [4.78, 5) is 13.0. The minimum atomic E-state index is -0.190. The Kier molecular flexibility index (Phi) is 5.57. The Bertz CT molecular complexity index is 1110. The van der Waals surface area contributed by atoms with E-state index in [1.54, 1.807) is 23.2 Å². The number of hydrogen-bond donors (Lipinski definition) is 1. The highest BCUT2D eigenvalue weighted by Crippen LogP contribution is 2.33. The minimum absolute atomic E-state index is 0.190. The average molecular weight is 406 g/mol. The smallest absolute Gasteiger partial charge is 0.145 e. The summed E-state index contributed by atoms with van der Waals surface area (Å²) < 4.78 is 11.7. The van der Waals surface area contributed by atoms with E-state index >= 15 is 0 Å². The average Bonchev–Trinajstić information content (AvgIpc) is 3.21. The fourth-order valence-corrected chi connectivity index (χ4v) is 3.52. The molecule has 2 aromatic heterocycles. The van der Waals surface area contributed by atoms with Crippen LogP contribution in [0.3, 0.4) is 0 Å². The number of nitrogens with one attached hydrogen (secondary N) is 1. The third-order valence-electron chi connectivity index (χ3n) is 4.25. The number of nitrogens with zero attached hydrogens (tertiary/aromatic N) is 3. The van der Waals surface area contributed by atoms with Gasteiger partial charge >= 0.3 is 0 Å². The maximum Gasteiger partial charge on any atom is 0.145 e. The van der Waals surface area contributed by atoms with Crippen LogP contribution in [-0.2, 0) is 6.61 Å². The van der Waals surface area contributed by atoms with Crippen molar-refractivity contribution in [2.24, 2.45) is 0 Å². The third-order valence-corrected chi connectivity index (χ3v) is 4.88. The maximum absolute atomic E-state index is 5.88. The van der Waals surface area contributed by atoms with E-state index < -0.39 is 0 Å². The summed E-state index contributed by atoms with van der Waals surface area (Å²) in [6, 6.07) is 11.7. The van der Waals surface area contributed by atoms with E-state index in [9.17, 15) is 0 Å². The van der Waals surface area contributed by atoms with Crippen LogP contribution >= 0.6 is 11.3 Å². The number of thiazole rings is 1. The van der Waals surface area contributed by atoms with Gasteiger partial charge in [-0.05, 0) is 56.7 Å². The van der Waals surface area contributed by atoms with Gasteiger partial charge < -0.3 is 14.8 Å². The molecule has 0 aliphatic carbocycles. The number of aryl methyl sites for hydroxylation is 1. The Labute approximate surface area is 173 Å². The second-order valence-electron chi connectivity index (χ2n) is 6.67. The second kappa shape index (κ2) is 8.45. The van der Waals surface area contributed by atoms with Gasteiger partial charge in [-0.1, -0.05) is 6.07 Å². The zero-order valence-corrected chi connectivity index (χ0v) is 17.1. The lowest BCUT2D eigenvalue weighted by Crippen LogP contribution is -2.07. The van der Waals surface area contributed by atoms with Crippen LogP contribution in [0.15, 0.2) is 53.6 Å². The predicted molar refractivity (Wildman–Crippen MR) is 116 cm³/mol. The topological polar surface area (TPSA) is 69.2 Å². The highest BCUT2D eigenvalue weighted by atomic mass is 32.1. The fraction of sp³-hybridized carbons (Fsp3) is 0.182. The van der Waals surface area contributed by atoms with E-state index in [2.05, 4.69) is 27.2 Å². The van der Waals surface area contributed by atoms with Gasteiger partial charge in [-0.25, -0.2) is 15.0 Å². The molecule has 0 unspecified atom stereocenters. The predicted octanol–water partition coefficient (Wildman–Crippen LogP) is 5.32. The van der Waals surface area contributed by atoms with Gasteiger partial charge in [0.15, 0.2) is 0 Å². The normalized spacial score (nSPS) is 11.0. The van der Waals surface area contributed by atoms with Crippen LogP contribution in [0.1, 0.15) is 18.2 Å². The van der Waals surface area contributed by atoms with Gasteiger partial charge in [-0.15, -0.1) is 11.3 Å². The summed E-state index contributed by atoms with van der Waals surface area (Å²) in [6.45, 7) is 8.27. The van der Waals surface area contributed by atoms with Crippen LogP contribution in [0.25, 0.3) is 10.9 Å². The van der Waals surface area contributed by atoms with Crippen molar-refractivity contribution in [1.29, 1.82) is 0 Å². The molecule has 0 aliphatic heterocycles. The van der Waals surface area contributed by atoms with E-state index in [1.165, 1.54) is 0 Å². The number of fused-ring (bicyclic) bond motifs is 1. The van der Waals surface area contributed by atoms with E-state index in [-0.39, 0.29) is 6.10 Å². The first-order valence-electron chi connectivity index (χ1n) is 9.21. The van der Waals surface area contributed by atoms with E-state index in [0.717, 1.165) is 33.6 Å². The van der Waals surface area contributed by atoms with Crippen molar-refractivity contribution in [3.05, 3.63) is 71.8 Å². The van der Waals surface area contributed by atoms with Crippen LogP contribution < -0.4 is 14.8 Å². The van der Waals surface area contributed by atoms with Gasteiger partial charge in [0, 0.05) is 11.1 Å². The number of rotatable bonds is 7. The van der Waals surface area contributed by atoms with Gasteiger partial charge in [0.05, 0.1) is 28.2 Å². The quantitative estimate of drug-likeness (QED) is 0.449. The first kappa shape index (κ1) is 19.1. The van der Waals surface area contributed by atoms with Crippen LogP contribution in [0.4, 0.5) is 11.5 Å². The second-order valence-corrected chi connectivity index (χ2v) is 7.39. The monoisotopic (exact) mass is 405 g/mol. The SMILES string of the molecule is [CH2][C@H](C)Oc1cccc2ncnc(Nc3ccc(OCc4cscn4)c(C)c3)c12. The third kappa shape index (κ3) is 4.46. The minimum Gasteiger partial charge on any atom is -0.490 e. The highest BCUT2D eigenvalue weighted by Gasteiger charge is 2.12. The number of anilines is 2. The van der Waals surface area contributed by atoms with Gasteiger partial charge in [-0.3, -0.25) is 0 Å². The Hall–Kier alpha value is -3.19. The number of ether oxygens (including phenoxy) is 2. The molecule has 1 N–H and O–H groups in total. The van der Waals surface area contributed by atoms with E-state index in [0.29, 0.717) is 18.2 Å². The number of benzene rings is 2. The van der Waals surface area contributed by atoms with E-state index in [1.807, 2.05) is 55.6 Å². The molecule has 1 atom stereocenters. The summed E-state index contributed by atoms with van der Waals surface area (Å²) in [5, 5.41) is 6.19. The van der Waals surface area contributed by atoms with Crippen molar-refractivity contribution in [2.75, 3.05) is 5.32 Å². The lowest BCUT2D eigenvalue weighted by molar-refractivity contribution is 0.271. The maximum atomic E-state index is 5.88. The molecular formula is C22H21N4O2S. The molecule has 4 aromatic rings. The van der Waals surface area contributed by atoms with Crippen molar-refractivity contribution >= 4 is 33.7 Å². The van der Waals surface area contributed by atoms with Crippen molar-refractivity contribution < 1.29 is 9.47 Å². The molecule has 0 fully saturated rings. The Morgan fingerprint density at radius 3 is 2.79 bits per heavy atom. The molecule has 0 saturated heterocycles. The van der Waals surface area contributed by atoms with Gasteiger partial charge in [0.1, 0.15) is 30.3 Å². The Morgan fingerprint density at radius 2 is 2.03 bits per heavy atom. The molecule has 147 valence electrons. The number of aromatic nitrogens is 3. The first-order chi connectivity index (χ1) is 14.1. The molecule has 0 saturated carbocycles. The summed E-state index contributed by atoms with van der Waals surface area (Å²) in [5.74, 6) is 2.21. The van der Waals surface area contributed by atoms with Crippen molar-refractivity contribution in [3.63, 3.8) is 0 Å². The van der Waals surface area contributed by atoms with Gasteiger partial charge in [-0.2, -0.15) is 0 Å². The Morgan fingerprint density at radius 1 is 1.14 bits per heavy atom. The lowest BCUT2D eigenvalue weighted by atomic mass is 10.1. The largest absolute Gasteiger partial charge is 0.490 e. The summed E-state index contributed by atoms with van der Waals surface area (Å²) in [7, 11) is 0. The molecule has 29 heavy (non-hydrogen) atoms. The molecule has 0 bridgehead atoms.